The number of benzene rings is 1. The number of rotatable bonds is 3. The molecule has 0 bridgehead atoms. The number of hydrogen-bond donors (Lipinski definition) is 1. The first kappa shape index (κ1) is 14.6. The molecular weight excluding hydrogens is 272 g/mol. The van der Waals surface area contributed by atoms with Crippen LogP contribution < -0.4 is 0 Å². The summed E-state index contributed by atoms with van der Waals surface area (Å²) in [6.07, 6.45) is 0.497. The summed E-state index contributed by atoms with van der Waals surface area (Å²) in [7, 11) is 0. The molecule has 1 N–H and O–H groups in total. The highest BCUT2D eigenvalue weighted by Crippen LogP contribution is 2.20. The van der Waals surface area contributed by atoms with E-state index in [1.54, 1.807) is 0 Å². The van der Waals surface area contributed by atoms with E-state index in [-0.39, 0.29) is 6.61 Å². The molecule has 0 spiro atoms. The third-order valence-electron chi connectivity index (χ3n) is 3.02. The molecule has 0 amide bonds. The number of halogens is 1. The van der Waals surface area contributed by atoms with Gasteiger partial charge in [0.2, 0.25) is 0 Å². The largest absolute Gasteiger partial charge is 0.395 e. The van der Waals surface area contributed by atoms with Crippen LogP contribution in [0.5, 0.6) is 0 Å². The molecule has 0 saturated carbocycles. The van der Waals surface area contributed by atoms with Gasteiger partial charge >= 0.3 is 0 Å². The fraction of sp³-hybridized carbons (Fsp3) is 0.312. The zero-order chi connectivity index (χ0) is 14.5. The minimum absolute atomic E-state index is 0.0942. The maximum Gasteiger partial charge on any atom is 0.0844 e. The van der Waals surface area contributed by atoms with Gasteiger partial charge in [-0.25, -0.2) is 0 Å². The molecular formula is C16H17ClN2O. The van der Waals surface area contributed by atoms with Crippen LogP contribution in [0.4, 0.5) is 0 Å². The molecule has 104 valence electrons. The van der Waals surface area contributed by atoms with E-state index >= 15 is 0 Å². The number of aliphatic hydroxyl groups is 1. The second-order valence-electron chi connectivity index (χ2n) is 4.62. The summed E-state index contributed by atoms with van der Waals surface area (Å²) < 4.78 is 1.90. The second-order valence-corrected chi connectivity index (χ2v) is 5.00. The average Bonchev–Trinajstić information content (AvgIpc) is 2.67. The molecule has 0 unspecified atom stereocenters. The van der Waals surface area contributed by atoms with E-state index in [4.69, 9.17) is 16.7 Å². The standard InChI is InChI=1S/C16H17ClN2O/c1-12-16(17)13(2)19(18-12)11-15-8-5-7-14(10-15)6-3-4-9-20/h5,7-8,10,20H,4,9,11H2,1-2H3. The predicted octanol–water partition coefficient (Wildman–Crippen LogP) is 2.94. The summed E-state index contributed by atoms with van der Waals surface area (Å²) >= 11 is 6.15. The van der Waals surface area contributed by atoms with E-state index in [2.05, 4.69) is 16.9 Å². The van der Waals surface area contributed by atoms with Crippen molar-refractivity contribution in [1.82, 2.24) is 9.78 Å². The van der Waals surface area contributed by atoms with E-state index in [0.717, 1.165) is 27.5 Å². The molecule has 0 aliphatic rings. The van der Waals surface area contributed by atoms with Crippen molar-refractivity contribution in [2.75, 3.05) is 6.61 Å². The summed E-state index contributed by atoms with van der Waals surface area (Å²) in [5.74, 6) is 5.96. The van der Waals surface area contributed by atoms with Crippen molar-refractivity contribution in [1.29, 1.82) is 0 Å². The van der Waals surface area contributed by atoms with Crippen LogP contribution in [0.1, 0.15) is 28.9 Å². The summed E-state index contributed by atoms with van der Waals surface area (Å²) in [5.41, 5.74) is 3.90. The van der Waals surface area contributed by atoms with Crippen molar-refractivity contribution in [3.05, 3.63) is 51.8 Å². The van der Waals surface area contributed by atoms with Crippen molar-refractivity contribution < 1.29 is 5.11 Å². The zero-order valence-corrected chi connectivity index (χ0v) is 12.4. The first-order valence-corrected chi connectivity index (χ1v) is 6.88. The van der Waals surface area contributed by atoms with Gasteiger partial charge in [0.25, 0.3) is 0 Å². The maximum absolute atomic E-state index is 8.73. The van der Waals surface area contributed by atoms with E-state index in [0.29, 0.717) is 13.0 Å². The highest BCUT2D eigenvalue weighted by atomic mass is 35.5. The van der Waals surface area contributed by atoms with E-state index in [1.807, 2.05) is 42.8 Å². The lowest BCUT2D eigenvalue weighted by Gasteiger charge is -2.05. The summed E-state index contributed by atoms with van der Waals surface area (Å²) in [6.45, 7) is 4.64. The van der Waals surface area contributed by atoms with Gasteiger partial charge < -0.3 is 5.11 Å². The third kappa shape index (κ3) is 3.41. The van der Waals surface area contributed by atoms with Crippen molar-refractivity contribution in [2.45, 2.75) is 26.8 Å². The smallest absolute Gasteiger partial charge is 0.0844 e. The highest BCUT2D eigenvalue weighted by molar-refractivity contribution is 6.31. The Morgan fingerprint density at radius 1 is 1.35 bits per heavy atom. The first-order valence-electron chi connectivity index (χ1n) is 6.50. The molecule has 20 heavy (non-hydrogen) atoms. The summed E-state index contributed by atoms with van der Waals surface area (Å²) in [6, 6.07) is 8.02. The Labute approximate surface area is 124 Å². The average molecular weight is 289 g/mol. The Hall–Kier alpha value is -1.76. The van der Waals surface area contributed by atoms with E-state index in [9.17, 15) is 0 Å². The molecule has 0 atom stereocenters. The van der Waals surface area contributed by atoms with E-state index < -0.39 is 0 Å². The van der Waals surface area contributed by atoms with Crippen molar-refractivity contribution in [2.24, 2.45) is 0 Å². The van der Waals surface area contributed by atoms with Crippen LogP contribution in [0.25, 0.3) is 0 Å². The molecule has 1 aromatic carbocycles. The van der Waals surface area contributed by atoms with Crippen LogP contribution in [0.15, 0.2) is 24.3 Å². The minimum atomic E-state index is 0.0942. The number of nitrogens with zero attached hydrogens (tertiary/aromatic N) is 2. The third-order valence-corrected chi connectivity index (χ3v) is 3.57. The molecule has 0 saturated heterocycles. The zero-order valence-electron chi connectivity index (χ0n) is 11.7. The Bertz CT molecular complexity index is 665. The van der Waals surface area contributed by atoms with Crippen LogP contribution in [0.2, 0.25) is 5.02 Å². The number of aryl methyl sites for hydroxylation is 1. The summed E-state index contributed by atoms with van der Waals surface area (Å²) in [4.78, 5) is 0. The van der Waals surface area contributed by atoms with Gasteiger partial charge in [0.15, 0.2) is 0 Å². The van der Waals surface area contributed by atoms with E-state index in [1.165, 1.54) is 0 Å². The SMILES string of the molecule is Cc1nn(Cc2cccc(C#CCCO)c2)c(C)c1Cl. The number of hydrogen-bond acceptors (Lipinski definition) is 2. The number of aromatic nitrogens is 2. The van der Waals surface area contributed by atoms with Crippen LogP contribution in [-0.2, 0) is 6.54 Å². The van der Waals surface area contributed by atoms with Gasteiger partial charge in [0.05, 0.1) is 29.6 Å². The Kier molecular flexibility index (Phi) is 4.84. The predicted molar refractivity (Wildman–Crippen MR) is 80.8 cm³/mol. The molecule has 2 aromatic rings. The topological polar surface area (TPSA) is 38.0 Å². The maximum atomic E-state index is 8.73. The van der Waals surface area contributed by atoms with Crippen molar-refractivity contribution >= 4 is 11.6 Å². The van der Waals surface area contributed by atoms with Crippen LogP contribution >= 0.6 is 11.6 Å². The monoisotopic (exact) mass is 288 g/mol. The Morgan fingerprint density at radius 3 is 2.80 bits per heavy atom. The Balaban J connectivity index is 2.20. The lowest BCUT2D eigenvalue weighted by molar-refractivity contribution is 0.305. The molecule has 3 nitrogen and oxygen atoms in total. The molecule has 1 aromatic heterocycles. The van der Waals surface area contributed by atoms with Crippen molar-refractivity contribution in [3.8, 4) is 11.8 Å². The molecule has 0 aliphatic heterocycles. The Morgan fingerprint density at radius 2 is 2.15 bits per heavy atom. The normalized spacial score (nSPS) is 10.2. The minimum Gasteiger partial charge on any atom is -0.395 e. The van der Waals surface area contributed by atoms with Crippen LogP contribution in [-0.4, -0.2) is 21.5 Å². The van der Waals surface area contributed by atoms with Gasteiger partial charge in [-0.05, 0) is 31.5 Å². The highest BCUT2D eigenvalue weighted by Gasteiger charge is 2.09. The molecule has 0 fully saturated rings. The molecule has 1 heterocycles. The molecule has 4 heteroatoms. The lowest BCUT2D eigenvalue weighted by atomic mass is 10.1. The fourth-order valence-corrected chi connectivity index (χ4v) is 2.11. The first-order chi connectivity index (χ1) is 9.61. The second kappa shape index (κ2) is 6.60. The fourth-order valence-electron chi connectivity index (χ4n) is 1.97. The van der Waals surface area contributed by atoms with Gasteiger partial charge in [-0.1, -0.05) is 35.6 Å². The van der Waals surface area contributed by atoms with Gasteiger partial charge in [-0.3, -0.25) is 4.68 Å². The van der Waals surface area contributed by atoms with Gasteiger partial charge in [0.1, 0.15) is 0 Å². The van der Waals surface area contributed by atoms with Crippen LogP contribution in [0.3, 0.4) is 0 Å². The molecule has 2 rings (SSSR count). The van der Waals surface area contributed by atoms with Crippen LogP contribution in [0, 0.1) is 25.7 Å². The molecule has 0 aliphatic carbocycles. The van der Waals surface area contributed by atoms with Crippen molar-refractivity contribution in [3.63, 3.8) is 0 Å². The van der Waals surface area contributed by atoms with Gasteiger partial charge in [-0.2, -0.15) is 5.10 Å². The van der Waals surface area contributed by atoms with Gasteiger partial charge in [0, 0.05) is 12.0 Å². The molecule has 0 radical (unpaired) electrons. The summed E-state index contributed by atoms with van der Waals surface area (Å²) in [5, 5.41) is 13.9. The lowest BCUT2D eigenvalue weighted by Crippen LogP contribution is -2.04. The van der Waals surface area contributed by atoms with Gasteiger partial charge in [-0.15, -0.1) is 0 Å². The quantitative estimate of drug-likeness (QED) is 0.882. The number of aliphatic hydroxyl groups excluding tert-OH is 1.